The SMILES string of the molecule is CCOC(=O)Cc1cc(OC(=O)C(F)(F)C(F)(F)F)ccc1OC(=O)C(F)(F)C(F)(F)F. The molecule has 0 spiro atoms. The summed E-state index contributed by atoms with van der Waals surface area (Å²) in [5.74, 6) is -21.7. The van der Waals surface area contributed by atoms with E-state index >= 15 is 0 Å². The van der Waals surface area contributed by atoms with Crippen LogP contribution in [-0.2, 0) is 25.5 Å². The third-order valence-electron chi connectivity index (χ3n) is 3.31. The number of esters is 3. The molecular weight excluding hydrogens is 478 g/mol. The Bertz CT molecular complexity index is 875. The van der Waals surface area contributed by atoms with E-state index in [4.69, 9.17) is 0 Å². The van der Waals surface area contributed by atoms with E-state index in [1.807, 2.05) is 0 Å². The van der Waals surface area contributed by atoms with E-state index in [1.165, 1.54) is 6.92 Å². The Labute approximate surface area is 171 Å². The maximum absolute atomic E-state index is 13.1. The molecule has 0 saturated carbocycles. The van der Waals surface area contributed by atoms with Crippen molar-refractivity contribution in [3.05, 3.63) is 23.8 Å². The maximum Gasteiger partial charge on any atom is 0.465 e. The molecule has 0 atom stereocenters. The van der Waals surface area contributed by atoms with Gasteiger partial charge in [-0.3, -0.25) is 4.79 Å². The number of rotatable bonds is 7. The number of carbonyl (C=O) groups is 3. The average Bonchev–Trinajstić information content (AvgIpc) is 2.61. The fraction of sp³-hybridized carbons (Fsp3) is 0.438. The van der Waals surface area contributed by atoms with Gasteiger partial charge in [-0.05, 0) is 25.1 Å². The number of benzene rings is 1. The number of halogens is 10. The predicted molar refractivity (Wildman–Crippen MR) is 80.1 cm³/mol. The van der Waals surface area contributed by atoms with E-state index in [0.717, 1.165) is 0 Å². The van der Waals surface area contributed by atoms with Crippen LogP contribution in [0, 0.1) is 0 Å². The minimum atomic E-state index is -6.36. The summed E-state index contributed by atoms with van der Waals surface area (Å²) in [6.45, 7) is 1.05. The van der Waals surface area contributed by atoms with Crippen LogP contribution in [0.4, 0.5) is 43.9 Å². The van der Waals surface area contributed by atoms with Gasteiger partial charge in [0.05, 0.1) is 13.0 Å². The molecule has 6 nitrogen and oxygen atoms in total. The summed E-state index contributed by atoms with van der Waals surface area (Å²) < 4.78 is 138. The van der Waals surface area contributed by atoms with E-state index in [1.54, 1.807) is 0 Å². The van der Waals surface area contributed by atoms with Gasteiger partial charge in [0.25, 0.3) is 0 Å². The van der Waals surface area contributed by atoms with Gasteiger partial charge in [-0.25, -0.2) is 9.59 Å². The van der Waals surface area contributed by atoms with Gasteiger partial charge < -0.3 is 14.2 Å². The highest BCUT2D eigenvalue weighted by molar-refractivity contribution is 5.83. The average molecular weight is 488 g/mol. The van der Waals surface area contributed by atoms with Crippen LogP contribution >= 0.6 is 0 Å². The molecular formula is C16H10F10O6. The normalized spacial score (nSPS) is 12.8. The monoisotopic (exact) mass is 488 g/mol. The van der Waals surface area contributed by atoms with Crippen LogP contribution in [0.25, 0.3) is 0 Å². The van der Waals surface area contributed by atoms with Crippen molar-refractivity contribution in [2.45, 2.75) is 37.5 Å². The van der Waals surface area contributed by atoms with E-state index in [2.05, 4.69) is 14.2 Å². The van der Waals surface area contributed by atoms with Gasteiger partial charge >= 0.3 is 42.1 Å². The van der Waals surface area contributed by atoms with Crippen molar-refractivity contribution in [3.8, 4) is 11.5 Å². The zero-order chi connectivity index (χ0) is 25.1. The first-order valence-corrected chi connectivity index (χ1v) is 7.96. The summed E-state index contributed by atoms with van der Waals surface area (Å²) in [6, 6.07) is 0.996. The summed E-state index contributed by atoms with van der Waals surface area (Å²) >= 11 is 0. The Morgan fingerprint density at radius 1 is 0.781 bits per heavy atom. The molecule has 1 rings (SSSR count). The van der Waals surface area contributed by atoms with Crippen molar-refractivity contribution < 1.29 is 72.5 Å². The molecule has 16 heteroatoms. The Hall–Kier alpha value is -3.07. The third-order valence-corrected chi connectivity index (χ3v) is 3.31. The molecule has 0 unspecified atom stereocenters. The number of carbonyl (C=O) groups excluding carboxylic acids is 3. The summed E-state index contributed by atoms with van der Waals surface area (Å²) in [7, 11) is 0. The smallest absolute Gasteiger partial charge is 0.465 e. The molecule has 32 heavy (non-hydrogen) atoms. The zero-order valence-electron chi connectivity index (χ0n) is 15.4. The second-order valence-electron chi connectivity index (χ2n) is 5.67. The van der Waals surface area contributed by atoms with Crippen molar-refractivity contribution in [3.63, 3.8) is 0 Å². The molecule has 0 heterocycles. The molecule has 180 valence electrons. The zero-order valence-corrected chi connectivity index (χ0v) is 15.4. The highest BCUT2D eigenvalue weighted by atomic mass is 19.4. The second-order valence-corrected chi connectivity index (χ2v) is 5.67. The molecule has 0 bridgehead atoms. The van der Waals surface area contributed by atoms with Crippen molar-refractivity contribution in [1.82, 2.24) is 0 Å². The number of hydrogen-bond donors (Lipinski definition) is 0. The van der Waals surface area contributed by atoms with E-state index in [0.29, 0.717) is 18.2 Å². The molecule has 0 aromatic heterocycles. The fourth-order valence-corrected chi connectivity index (χ4v) is 1.79. The quantitative estimate of drug-likeness (QED) is 0.328. The number of alkyl halides is 10. The maximum atomic E-state index is 13.1. The van der Waals surface area contributed by atoms with Gasteiger partial charge in [0.2, 0.25) is 0 Å². The topological polar surface area (TPSA) is 78.9 Å². The Morgan fingerprint density at radius 2 is 1.25 bits per heavy atom. The highest BCUT2D eigenvalue weighted by Crippen LogP contribution is 2.39. The number of ether oxygens (including phenoxy) is 3. The molecule has 1 aromatic carbocycles. The Kier molecular flexibility index (Phi) is 7.75. The summed E-state index contributed by atoms with van der Waals surface area (Å²) in [5.41, 5.74) is -0.810. The number of hydrogen-bond acceptors (Lipinski definition) is 6. The lowest BCUT2D eigenvalue weighted by molar-refractivity contribution is -0.277. The van der Waals surface area contributed by atoms with E-state index < -0.39 is 65.6 Å². The molecule has 0 amide bonds. The van der Waals surface area contributed by atoms with E-state index in [-0.39, 0.29) is 6.61 Å². The Morgan fingerprint density at radius 3 is 1.69 bits per heavy atom. The molecule has 0 aliphatic heterocycles. The fourth-order valence-electron chi connectivity index (χ4n) is 1.79. The molecule has 0 saturated heterocycles. The van der Waals surface area contributed by atoms with Crippen molar-refractivity contribution in [2.75, 3.05) is 6.61 Å². The van der Waals surface area contributed by atoms with Crippen molar-refractivity contribution in [2.24, 2.45) is 0 Å². The molecule has 1 aromatic rings. The first kappa shape index (κ1) is 27.0. The Balaban J connectivity index is 3.29. The van der Waals surface area contributed by atoms with Crippen LogP contribution < -0.4 is 9.47 Å². The lowest BCUT2D eigenvalue weighted by atomic mass is 10.1. The molecule has 0 aliphatic carbocycles. The van der Waals surface area contributed by atoms with Crippen LogP contribution in [0.5, 0.6) is 11.5 Å². The third kappa shape index (κ3) is 6.00. The van der Waals surface area contributed by atoms with Crippen molar-refractivity contribution >= 4 is 17.9 Å². The van der Waals surface area contributed by atoms with E-state index in [9.17, 15) is 58.3 Å². The van der Waals surface area contributed by atoms with Crippen LogP contribution in [-0.4, -0.2) is 48.7 Å². The first-order valence-electron chi connectivity index (χ1n) is 7.96. The molecule has 0 N–H and O–H groups in total. The molecule has 0 radical (unpaired) electrons. The first-order chi connectivity index (χ1) is 14.3. The largest absolute Gasteiger partial charge is 0.466 e. The van der Waals surface area contributed by atoms with Gasteiger partial charge in [-0.1, -0.05) is 0 Å². The van der Waals surface area contributed by atoms with Crippen LogP contribution in [0.3, 0.4) is 0 Å². The van der Waals surface area contributed by atoms with Gasteiger partial charge in [-0.15, -0.1) is 0 Å². The minimum Gasteiger partial charge on any atom is -0.466 e. The van der Waals surface area contributed by atoms with Crippen molar-refractivity contribution in [1.29, 1.82) is 0 Å². The van der Waals surface area contributed by atoms with Crippen LogP contribution in [0.2, 0.25) is 0 Å². The predicted octanol–water partition coefficient (Wildman–Crippen LogP) is 4.00. The lowest BCUT2D eigenvalue weighted by Gasteiger charge is -2.20. The molecule has 0 fully saturated rings. The lowest BCUT2D eigenvalue weighted by Crippen LogP contribution is -2.46. The summed E-state index contributed by atoms with van der Waals surface area (Å²) in [4.78, 5) is 33.9. The summed E-state index contributed by atoms with van der Waals surface area (Å²) in [6.07, 6.45) is -13.7. The standard InChI is InChI=1S/C16H10F10O6/c1-2-30-10(27)6-7-5-8(31-11(28)13(17,18)15(21,22)23)3-4-9(7)32-12(29)14(19,20)16(24,25)26/h3-5H,2,6H2,1H3. The van der Waals surface area contributed by atoms with Gasteiger partial charge in [0.15, 0.2) is 0 Å². The minimum absolute atomic E-state index is 0.257. The summed E-state index contributed by atoms with van der Waals surface area (Å²) in [5, 5.41) is 0. The van der Waals surface area contributed by atoms with Crippen LogP contribution in [0.1, 0.15) is 12.5 Å². The van der Waals surface area contributed by atoms with Crippen LogP contribution in [0.15, 0.2) is 18.2 Å². The highest BCUT2D eigenvalue weighted by Gasteiger charge is 2.66. The van der Waals surface area contributed by atoms with Gasteiger partial charge in [-0.2, -0.15) is 43.9 Å². The van der Waals surface area contributed by atoms with Gasteiger partial charge in [0, 0.05) is 5.56 Å². The van der Waals surface area contributed by atoms with Gasteiger partial charge in [0.1, 0.15) is 11.5 Å². The molecule has 0 aliphatic rings. The second kappa shape index (κ2) is 9.20.